The van der Waals surface area contributed by atoms with Gasteiger partial charge in [0.05, 0.1) is 5.69 Å². The van der Waals surface area contributed by atoms with Gasteiger partial charge in [0.1, 0.15) is 5.75 Å². The lowest BCUT2D eigenvalue weighted by Gasteiger charge is -2.12. The first kappa shape index (κ1) is 14.1. The van der Waals surface area contributed by atoms with Crippen LogP contribution in [-0.2, 0) is 6.54 Å². The van der Waals surface area contributed by atoms with Crippen LogP contribution < -0.4 is 10.1 Å². The molecule has 3 heteroatoms. The molecule has 3 rings (SSSR count). The van der Waals surface area contributed by atoms with E-state index in [-0.39, 0.29) is 0 Å². The third kappa shape index (κ3) is 3.61. The Balaban J connectivity index is 1.76. The minimum Gasteiger partial charge on any atom is -0.439 e. The Labute approximate surface area is 126 Å². The van der Waals surface area contributed by atoms with Crippen LogP contribution in [0.4, 0.5) is 0 Å². The van der Waals surface area contributed by atoms with Gasteiger partial charge in [0.25, 0.3) is 0 Å². The minimum atomic E-state index is 0.665. The standard InChI is InChI=1S/C18H22N2O/c1-12-9-13(2)14(3)17(10-12)21-18-6-4-5-16(20-18)11-19-15-7-8-15/h4-6,9-10,15,19H,7-8,11H2,1-3H3. The van der Waals surface area contributed by atoms with Gasteiger partial charge in [0.15, 0.2) is 0 Å². The molecule has 0 bridgehead atoms. The average molecular weight is 282 g/mol. The summed E-state index contributed by atoms with van der Waals surface area (Å²) in [5.74, 6) is 1.56. The van der Waals surface area contributed by atoms with Gasteiger partial charge >= 0.3 is 0 Å². The van der Waals surface area contributed by atoms with Crippen molar-refractivity contribution < 1.29 is 4.74 Å². The zero-order chi connectivity index (χ0) is 14.8. The number of hydrogen-bond donors (Lipinski definition) is 1. The normalized spacial score (nSPS) is 14.2. The van der Waals surface area contributed by atoms with E-state index < -0.39 is 0 Å². The highest BCUT2D eigenvalue weighted by Gasteiger charge is 2.20. The van der Waals surface area contributed by atoms with E-state index in [4.69, 9.17) is 4.74 Å². The fourth-order valence-corrected chi connectivity index (χ4v) is 2.37. The van der Waals surface area contributed by atoms with Crippen molar-refractivity contribution in [3.8, 4) is 11.6 Å². The van der Waals surface area contributed by atoms with E-state index >= 15 is 0 Å². The number of aryl methyl sites for hydroxylation is 2. The molecule has 1 aromatic heterocycles. The van der Waals surface area contributed by atoms with Gasteiger partial charge in [-0.15, -0.1) is 0 Å². The highest BCUT2D eigenvalue weighted by molar-refractivity contribution is 5.43. The van der Waals surface area contributed by atoms with E-state index in [9.17, 15) is 0 Å². The Kier molecular flexibility index (Phi) is 3.93. The van der Waals surface area contributed by atoms with Crippen LogP contribution in [0, 0.1) is 20.8 Å². The maximum Gasteiger partial charge on any atom is 0.219 e. The lowest BCUT2D eigenvalue weighted by Crippen LogP contribution is -2.16. The summed E-state index contributed by atoms with van der Waals surface area (Å²) in [5, 5.41) is 3.48. The van der Waals surface area contributed by atoms with Crippen molar-refractivity contribution in [1.29, 1.82) is 0 Å². The van der Waals surface area contributed by atoms with Crippen molar-refractivity contribution in [3.05, 3.63) is 52.7 Å². The molecule has 21 heavy (non-hydrogen) atoms. The van der Waals surface area contributed by atoms with Gasteiger partial charge in [-0.2, -0.15) is 0 Å². The Bertz CT molecular complexity index is 648. The van der Waals surface area contributed by atoms with E-state index in [1.807, 2.05) is 18.2 Å². The summed E-state index contributed by atoms with van der Waals surface area (Å²) in [7, 11) is 0. The van der Waals surface area contributed by atoms with Gasteiger partial charge in [0, 0.05) is 18.7 Å². The number of rotatable bonds is 5. The fourth-order valence-electron chi connectivity index (χ4n) is 2.37. The first-order valence-corrected chi connectivity index (χ1v) is 7.57. The zero-order valence-corrected chi connectivity index (χ0v) is 12.9. The molecule has 1 fully saturated rings. The predicted octanol–water partition coefficient (Wildman–Crippen LogP) is 4.05. The summed E-state index contributed by atoms with van der Waals surface area (Å²) >= 11 is 0. The summed E-state index contributed by atoms with van der Waals surface area (Å²) in [6.07, 6.45) is 2.58. The molecule has 0 atom stereocenters. The van der Waals surface area contributed by atoms with E-state index in [1.54, 1.807) is 0 Å². The van der Waals surface area contributed by atoms with Crippen molar-refractivity contribution >= 4 is 0 Å². The predicted molar refractivity (Wildman–Crippen MR) is 84.8 cm³/mol. The molecule has 0 unspecified atom stereocenters. The third-order valence-electron chi connectivity index (χ3n) is 3.91. The second kappa shape index (κ2) is 5.86. The number of pyridine rings is 1. The molecule has 0 radical (unpaired) electrons. The molecule has 1 aliphatic rings. The van der Waals surface area contributed by atoms with Gasteiger partial charge in [-0.25, -0.2) is 4.98 Å². The first-order valence-electron chi connectivity index (χ1n) is 7.57. The second-order valence-electron chi connectivity index (χ2n) is 5.93. The largest absolute Gasteiger partial charge is 0.439 e. The zero-order valence-electron chi connectivity index (χ0n) is 12.9. The van der Waals surface area contributed by atoms with Crippen molar-refractivity contribution in [2.75, 3.05) is 0 Å². The molecule has 1 N–H and O–H groups in total. The summed E-state index contributed by atoms with van der Waals surface area (Å²) in [4.78, 5) is 4.58. The van der Waals surface area contributed by atoms with Crippen molar-refractivity contribution in [3.63, 3.8) is 0 Å². The lowest BCUT2D eigenvalue weighted by molar-refractivity contribution is 0.455. The molecule has 0 amide bonds. The topological polar surface area (TPSA) is 34.1 Å². The number of nitrogens with one attached hydrogen (secondary N) is 1. The van der Waals surface area contributed by atoms with Crippen LogP contribution in [0.2, 0.25) is 0 Å². The van der Waals surface area contributed by atoms with Gasteiger partial charge in [-0.3, -0.25) is 0 Å². The molecule has 2 aromatic rings. The van der Waals surface area contributed by atoms with Crippen LogP contribution in [0.25, 0.3) is 0 Å². The lowest BCUT2D eigenvalue weighted by atomic mass is 10.1. The monoisotopic (exact) mass is 282 g/mol. The number of benzene rings is 1. The van der Waals surface area contributed by atoms with E-state index in [2.05, 4.69) is 43.2 Å². The number of ether oxygens (including phenoxy) is 1. The van der Waals surface area contributed by atoms with Crippen molar-refractivity contribution in [2.45, 2.75) is 46.2 Å². The summed E-state index contributed by atoms with van der Waals surface area (Å²) in [5.41, 5.74) is 4.65. The van der Waals surface area contributed by atoms with Crippen LogP contribution >= 0.6 is 0 Å². The number of aromatic nitrogens is 1. The van der Waals surface area contributed by atoms with Gasteiger partial charge < -0.3 is 10.1 Å². The molecule has 110 valence electrons. The number of hydrogen-bond acceptors (Lipinski definition) is 3. The third-order valence-corrected chi connectivity index (χ3v) is 3.91. The Hall–Kier alpha value is -1.87. The van der Waals surface area contributed by atoms with E-state index in [0.717, 1.165) is 18.0 Å². The molecule has 1 heterocycles. The molecular weight excluding hydrogens is 260 g/mol. The molecule has 3 nitrogen and oxygen atoms in total. The van der Waals surface area contributed by atoms with Crippen LogP contribution in [0.1, 0.15) is 35.2 Å². The minimum absolute atomic E-state index is 0.665. The average Bonchev–Trinajstić information content (AvgIpc) is 3.27. The van der Waals surface area contributed by atoms with Crippen molar-refractivity contribution in [1.82, 2.24) is 10.3 Å². The van der Waals surface area contributed by atoms with Crippen molar-refractivity contribution in [2.24, 2.45) is 0 Å². The smallest absolute Gasteiger partial charge is 0.219 e. The Morgan fingerprint density at radius 3 is 2.76 bits per heavy atom. The second-order valence-corrected chi connectivity index (χ2v) is 5.93. The molecule has 0 spiro atoms. The molecule has 1 aromatic carbocycles. The Morgan fingerprint density at radius 2 is 2.00 bits per heavy atom. The van der Waals surface area contributed by atoms with Gasteiger partial charge in [0.2, 0.25) is 5.88 Å². The summed E-state index contributed by atoms with van der Waals surface area (Å²) in [6.45, 7) is 7.09. The number of nitrogens with zero attached hydrogens (tertiary/aromatic N) is 1. The summed E-state index contributed by atoms with van der Waals surface area (Å²) in [6, 6.07) is 10.9. The molecule has 0 aliphatic heterocycles. The molecule has 1 aliphatic carbocycles. The van der Waals surface area contributed by atoms with Gasteiger partial charge in [-0.05, 0) is 62.4 Å². The molecule has 1 saturated carbocycles. The maximum atomic E-state index is 6.00. The summed E-state index contributed by atoms with van der Waals surface area (Å²) < 4.78 is 6.00. The van der Waals surface area contributed by atoms with Crippen LogP contribution in [0.5, 0.6) is 11.6 Å². The van der Waals surface area contributed by atoms with Crippen LogP contribution in [0.3, 0.4) is 0 Å². The first-order chi connectivity index (χ1) is 10.1. The quantitative estimate of drug-likeness (QED) is 0.898. The fraction of sp³-hybridized carbons (Fsp3) is 0.389. The molecule has 0 saturated heterocycles. The van der Waals surface area contributed by atoms with E-state index in [1.165, 1.54) is 29.5 Å². The SMILES string of the molecule is Cc1cc(C)c(C)c(Oc2cccc(CNC3CC3)n2)c1. The highest BCUT2D eigenvalue weighted by Crippen LogP contribution is 2.27. The van der Waals surface area contributed by atoms with Gasteiger partial charge in [-0.1, -0.05) is 12.1 Å². The Morgan fingerprint density at radius 1 is 1.19 bits per heavy atom. The van der Waals surface area contributed by atoms with Crippen LogP contribution in [0.15, 0.2) is 30.3 Å². The highest BCUT2D eigenvalue weighted by atomic mass is 16.5. The molecular formula is C18H22N2O. The van der Waals surface area contributed by atoms with Crippen LogP contribution in [-0.4, -0.2) is 11.0 Å². The maximum absolute atomic E-state index is 6.00. The van der Waals surface area contributed by atoms with E-state index in [0.29, 0.717) is 11.9 Å².